The van der Waals surface area contributed by atoms with Crippen molar-refractivity contribution in [3.05, 3.63) is 95.4 Å². The molecule has 9 heteroatoms. The number of carboxylic acids is 1. The Bertz CT molecular complexity index is 1700. The van der Waals surface area contributed by atoms with Crippen molar-refractivity contribution in [3.63, 3.8) is 0 Å². The Kier molecular flexibility index (Phi) is 17.5. The van der Waals surface area contributed by atoms with E-state index in [1.54, 1.807) is 6.08 Å². The Balaban J connectivity index is 1.47. The van der Waals surface area contributed by atoms with E-state index in [2.05, 4.69) is 72.6 Å². The maximum Gasteiger partial charge on any atom is 0.303 e. The highest BCUT2D eigenvalue weighted by Gasteiger charge is 2.15. The van der Waals surface area contributed by atoms with E-state index < -0.39 is 11.9 Å². The first-order valence-corrected chi connectivity index (χ1v) is 19.8. The van der Waals surface area contributed by atoms with E-state index in [0.29, 0.717) is 39.0 Å². The van der Waals surface area contributed by atoms with Crippen molar-refractivity contribution in [1.29, 1.82) is 5.26 Å². The number of unbranched alkanes of at least 4 members (excludes halogenated alkanes) is 8. The number of nitrogens with zero attached hydrogens (tertiary/aromatic N) is 2. The smallest absolute Gasteiger partial charge is 0.303 e. The zero-order chi connectivity index (χ0) is 37.7. The van der Waals surface area contributed by atoms with Crippen LogP contribution in [0.1, 0.15) is 95.8 Å². The number of carboxylic acid groups (broad SMARTS) is 1. The van der Waals surface area contributed by atoms with Crippen molar-refractivity contribution in [2.24, 2.45) is 0 Å². The Hall–Kier alpha value is -5.07. The summed E-state index contributed by atoms with van der Waals surface area (Å²) in [5.74, 6) is 0.473. The normalized spacial score (nSPS) is 11.2. The van der Waals surface area contributed by atoms with E-state index in [-0.39, 0.29) is 12.0 Å². The minimum atomic E-state index is -0.822. The summed E-state index contributed by atoms with van der Waals surface area (Å²) in [6.07, 6.45) is 13.0. The average molecular weight is 736 g/mol. The van der Waals surface area contributed by atoms with Crippen LogP contribution >= 0.6 is 11.3 Å². The fourth-order valence-corrected chi connectivity index (χ4v) is 6.75. The van der Waals surface area contributed by atoms with Crippen LogP contribution in [-0.2, 0) is 9.59 Å². The highest BCUT2D eigenvalue weighted by Crippen LogP contribution is 2.38. The molecule has 0 saturated carbocycles. The molecule has 0 unspecified atom stereocenters. The van der Waals surface area contributed by atoms with Crippen molar-refractivity contribution < 1.29 is 24.2 Å². The molecule has 0 saturated heterocycles. The number of anilines is 3. The van der Waals surface area contributed by atoms with Crippen molar-refractivity contribution >= 4 is 46.4 Å². The fourth-order valence-electron chi connectivity index (χ4n) is 5.79. The first kappa shape index (κ1) is 40.7. The molecule has 3 aromatic carbocycles. The van der Waals surface area contributed by atoms with Gasteiger partial charge >= 0.3 is 5.97 Å². The number of carbonyl (C=O) groups excluding carboxylic acids is 1. The van der Waals surface area contributed by atoms with E-state index in [0.717, 1.165) is 56.7 Å². The minimum absolute atomic E-state index is 0.0377. The highest BCUT2D eigenvalue weighted by molar-refractivity contribution is 7.16. The van der Waals surface area contributed by atoms with Gasteiger partial charge in [-0.3, -0.25) is 9.59 Å². The molecule has 8 nitrogen and oxygen atoms in total. The monoisotopic (exact) mass is 735 g/mol. The number of aliphatic carboxylic acids is 1. The predicted octanol–water partition coefficient (Wildman–Crippen LogP) is 11.5. The third-order valence-corrected chi connectivity index (χ3v) is 9.85. The summed E-state index contributed by atoms with van der Waals surface area (Å²) in [4.78, 5) is 27.3. The molecule has 0 bridgehead atoms. The fraction of sp³-hybridized carbons (Fsp3) is 0.386. The van der Waals surface area contributed by atoms with Gasteiger partial charge in [0.1, 0.15) is 23.1 Å². The summed E-state index contributed by atoms with van der Waals surface area (Å²) < 4.78 is 12.1. The molecule has 53 heavy (non-hydrogen) atoms. The van der Waals surface area contributed by atoms with Gasteiger partial charge in [-0.1, -0.05) is 70.9 Å². The number of amides is 1. The lowest BCUT2D eigenvalue weighted by Crippen LogP contribution is -2.25. The highest BCUT2D eigenvalue weighted by atomic mass is 32.1. The van der Waals surface area contributed by atoms with E-state index in [1.807, 2.05) is 42.5 Å². The van der Waals surface area contributed by atoms with Gasteiger partial charge in [0.25, 0.3) is 5.91 Å². The number of thiophene rings is 1. The van der Waals surface area contributed by atoms with Crippen molar-refractivity contribution in [2.45, 2.75) is 90.9 Å². The summed E-state index contributed by atoms with van der Waals surface area (Å²) in [6, 6.07) is 30.8. The van der Waals surface area contributed by atoms with Gasteiger partial charge in [0.05, 0.1) is 13.2 Å². The van der Waals surface area contributed by atoms with Crippen LogP contribution in [0.2, 0.25) is 0 Å². The topological polar surface area (TPSA) is 112 Å². The molecular formula is C44H53N3O5S. The Morgan fingerprint density at radius 1 is 0.717 bits per heavy atom. The number of carbonyl (C=O) groups is 2. The molecule has 0 atom stereocenters. The van der Waals surface area contributed by atoms with Crippen LogP contribution in [-0.4, -0.2) is 36.7 Å². The number of nitrogens with one attached hydrogen (secondary N) is 1. The van der Waals surface area contributed by atoms with Gasteiger partial charge in [-0.25, -0.2) is 0 Å². The number of hydrogen-bond donors (Lipinski definition) is 2. The summed E-state index contributed by atoms with van der Waals surface area (Å²) >= 11 is 1.51. The molecule has 4 aromatic rings. The lowest BCUT2D eigenvalue weighted by Gasteiger charge is -2.26. The molecule has 0 aliphatic rings. The van der Waals surface area contributed by atoms with E-state index >= 15 is 0 Å². The number of ether oxygens (including phenoxy) is 2. The summed E-state index contributed by atoms with van der Waals surface area (Å²) in [6.45, 7) is 6.24. The van der Waals surface area contributed by atoms with Crippen molar-refractivity contribution in [1.82, 2.24) is 5.32 Å². The van der Waals surface area contributed by atoms with E-state index in [1.165, 1.54) is 49.9 Å². The summed E-state index contributed by atoms with van der Waals surface area (Å²) in [5.41, 5.74) is 4.08. The molecule has 280 valence electrons. The lowest BCUT2D eigenvalue weighted by molar-refractivity contribution is -0.137. The molecule has 1 heterocycles. The molecule has 1 aromatic heterocycles. The van der Waals surface area contributed by atoms with Gasteiger partial charge in [-0.15, -0.1) is 11.3 Å². The number of benzene rings is 3. The standard InChI is InChI=1S/C44H53N3O5S/c1-3-5-7-12-30-51-39-23-19-37(20-24-39)47(38-21-25-40(26-22-38)52-31-13-8-6-4-2)36-17-15-34(16-18-36)42-28-27-41(53-42)32-35(33-45)44(50)46-29-11-9-10-14-43(48)49/h15-28,32H,3-14,29-31H2,1-2H3,(H,46,50)(H,48,49)/b35-32+. The molecule has 0 fully saturated rings. The SMILES string of the molecule is CCCCCCOc1ccc(N(c2ccc(OCCCCCC)cc2)c2ccc(-c3ccc(/C=C(\C#N)C(=O)NCCCCCC(=O)O)s3)cc2)cc1. The molecule has 0 spiro atoms. The molecule has 0 aliphatic heterocycles. The Labute approximate surface area is 319 Å². The lowest BCUT2D eigenvalue weighted by atomic mass is 10.1. The van der Waals surface area contributed by atoms with E-state index in [4.69, 9.17) is 14.6 Å². The van der Waals surface area contributed by atoms with Crippen LogP contribution < -0.4 is 19.7 Å². The number of nitriles is 1. The molecule has 4 rings (SSSR count). The average Bonchev–Trinajstić information content (AvgIpc) is 3.65. The molecule has 0 aliphatic carbocycles. The first-order chi connectivity index (χ1) is 25.9. The van der Waals surface area contributed by atoms with Crippen LogP contribution in [0.5, 0.6) is 11.5 Å². The Morgan fingerprint density at radius 2 is 1.25 bits per heavy atom. The second-order valence-corrected chi connectivity index (χ2v) is 14.1. The first-order valence-electron chi connectivity index (χ1n) is 19.0. The van der Waals surface area contributed by atoms with Gasteiger partial charge in [0.2, 0.25) is 0 Å². The summed E-state index contributed by atoms with van der Waals surface area (Å²) in [7, 11) is 0. The second-order valence-electron chi connectivity index (χ2n) is 13.0. The number of rotatable bonds is 24. The maximum absolute atomic E-state index is 12.6. The predicted molar refractivity (Wildman–Crippen MR) is 216 cm³/mol. The van der Waals surface area contributed by atoms with Crippen molar-refractivity contribution in [2.75, 3.05) is 24.7 Å². The Morgan fingerprint density at radius 3 is 1.75 bits per heavy atom. The van der Waals surface area contributed by atoms with Gasteiger partial charge < -0.3 is 24.8 Å². The zero-order valence-electron chi connectivity index (χ0n) is 31.1. The van der Waals surface area contributed by atoms with Gasteiger partial charge in [-0.2, -0.15) is 5.26 Å². The van der Waals surface area contributed by atoms with E-state index in [9.17, 15) is 14.9 Å². The maximum atomic E-state index is 12.6. The third-order valence-electron chi connectivity index (χ3n) is 8.76. The van der Waals surface area contributed by atoms with Crippen molar-refractivity contribution in [3.8, 4) is 28.0 Å². The summed E-state index contributed by atoms with van der Waals surface area (Å²) in [5, 5.41) is 21.2. The quantitative estimate of drug-likeness (QED) is 0.0418. The van der Waals surface area contributed by atoms with Gasteiger partial charge in [-0.05, 0) is 110 Å². The van der Waals surface area contributed by atoms with Gasteiger partial charge in [0.15, 0.2) is 0 Å². The third kappa shape index (κ3) is 13.8. The van der Waals surface area contributed by atoms with Gasteiger partial charge in [0, 0.05) is 39.8 Å². The van der Waals surface area contributed by atoms with Crippen LogP contribution in [0, 0.1) is 11.3 Å². The molecule has 0 radical (unpaired) electrons. The van der Waals surface area contributed by atoms with Crippen LogP contribution in [0.25, 0.3) is 16.5 Å². The molecular weight excluding hydrogens is 683 g/mol. The molecule has 2 N–H and O–H groups in total. The van der Waals surface area contributed by atoms with Crippen LogP contribution in [0.15, 0.2) is 90.5 Å². The largest absolute Gasteiger partial charge is 0.494 e. The molecule has 1 amide bonds. The van der Waals surface area contributed by atoms with Crippen LogP contribution in [0.4, 0.5) is 17.1 Å². The number of hydrogen-bond acceptors (Lipinski definition) is 7. The second kappa shape index (κ2) is 22.8. The minimum Gasteiger partial charge on any atom is -0.494 e. The zero-order valence-corrected chi connectivity index (χ0v) is 32.0. The van der Waals surface area contributed by atoms with Crippen LogP contribution in [0.3, 0.4) is 0 Å².